The van der Waals surface area contributed by atoms with E-state index >= 15 is 0 Å². The Morgan fingerprint density at radius 2 is 1.53 bits per heavy atom. The number of aromatic nitrogens is 3. The molecule has 0 N–H and O–H groups in total. The van der Waals surface area contributed by atoms with Gasteiger partial charge in [-0.1, -0.05) is 29.5 Å². The van der Waals surface area contributed by atoms with Gasteiger partial charge in [-0.2, -0.15) is 0 Å². The first-order chi connectivity index (χ1) is 15.1. The van der Waals surface area contributed by atoms with Crippen LogP contribution in [-0.4, -0.2) is 36.0 Å². The first-order valence-electron chi connectivity index (χ1n) is 9.28. The second-order valence-electron chi connectivity index (χ2n) is 6.95. The lowest BCUT2D eigenvalue weighted by molar-refractivity contribution is -0.274. The highest BCUT2D eigenvalue weighted by Gasteiger charge is 2.31. The van der Waals surface area contributed by atoms with Crippen LogP contribution in [0.4, 0.5) is 13.2 Å². The number of benzene rings is 3. The number of alkyl halides is 3. The van der Waals surface area contributed by atoms with E-state index in [0.717, 1.165) is 11.8 Å². The van der Waals surface area contributed by atoms with Crippen LogP contribution in [0.1, 0.15) is 0 Å². The molecular weight excluding hydrogens is 443 g/mol. The van der Waals surface area contributed by atoms with E-state index in [2.05, 4.69) is 15.0 Å². The standard InChI is InChI=1S/C22H16F3N3O3S/c1-32(29,30)20-7-3-5-17(13-20)16-4-2-6-18(12-16)28-21(14-26-27-28)15-8-10-19(11-9-15)31-22(23,24)25/h2-14H,1H3. The maximum Gasteiger partial charge on any atom is 0.573 e. The van der Waals surface area contributed by atoms with E-state index in [1.165, 1.54) is 36.5 Å². The average Bonchev–Trinajstić information content (AvgIpc) is 3.23. The zero-order chi connectivity index (χ0) is 22.9. The van der Waals surface area contributed by atoms with Gasteiger partial charge in [0.15, 0.2) is 9.84 Å². The molecule has 4 rings (SSSR count). The van der Waals surface area contributed by atoms with E-state index in [4.69, 9.17) is 0 Å². The molecule has 164 valence electrons. The van der Waals surface area contributed by atoms with Crippen molar-refractivity contribution in [3.63, 3.8) is 0 Å². The highest BCUT2D eigenvalue weighted by molar-refractivity contribution is 7.90. The average molecular weight is 459 g/mol. The van der Waals surface area contributed by atoms with Gasteiger partial charge in [-0.05, 0) is 59.7 Å². The van der Waals surface area contributed by atoms with Crippen molar-refractivity contribution in [2.45, 2.75) is 11.3 Å². The lowest BCUT2D eigenvalue weighted by Gasteiger charge is -2.11. The Labute approximate surface area is 181 Å². The summed E-state index contributed by atoms with van der Waals surface area (Å²) in [5, 5.41) is 8.02. The molecule has 1 heterocycles. The van der Waals surface area contributed by atoms with Crippen molar-refractivity contribution in [1.82, 2.24) is 15.0 Å². The molecule has 0 unspecified atom stereocenters. The quantitative estimate of drug-likeness (QED) is 0.424. The Balaban J connectivity index is 1.68. The van der Waals surface area contributed by atoms with Crippen molar-refractivity contribution in [3.8, 4) is 33.8 Å². The fraction of sp³-hybridized carbons (Fsp3) is 0.0909. The molecule has 0 aliphatic carbocycles. The Kier molecular flexibility index (Phi) is 5.47. The number of halogens is 3. The Morgan fingerprint density at radius 3 is 2.19 bits per heavy atom. The van der Waals surface area contributed by atoms with Gasteiger partial charge in [-0.15, -0.1) is 18.3 Å². The lowest BCUT2D eigenvalue weighted by Crippen LogP contribution is -2.16. The maximum atomic E-state index is 12.4. The molecule has 0 amide bonds. The molecule has 0 bridgehead atoms. The number of sulfone groups is 1. The third-order valence-electron chi connectivity index (χ3n) is 4.62. The SMILES string of the molecule is CS(=O)(=O)c1cccc(-c2cccc(-n3nncc3-c3ccc(OC(F)(F)F)cc3)c2)c1. The van der Waals surface area contributed by atoms with Crippen molar-refractivity contribution in [1.29, 1.82) is 0 Å². The van der Waals surface area contributed by atoms with Gasteiger partial charge in [0.25, 0.3) is 0 Å². The number of nitrogens with zero attached hydrogens (tertiary/aromatic N) is 3. The van der Waals surface area contributed by atoms with Crippen LogP contribution >= 0.6 is 0 Å². The van der Waals surface area contributed by atoms with Crippen molar-refractivity contribution in [3.05, 3.63) is 79.0 Å². The summed E-state index contributed by atoms with van der Waals surface area (Å²) in [6.45, 7) is 0. The first-order valence-corrected chi connectivity index (χ1v) is 11.2. The monoisotopic (exact) mass is 459 g/mol. The molecule has 1 aromatic heterocycles. The molecule has 3 aromatic carbocycles. The highest BCUT2D eigenvalue weighted by atomic mass is 32.2. The summed E-state index contributed by atoms with van der Waals surface area (Å²) in [4.78, 5) is 0.211. The van der Waals surface area contributed by atoms with Gasteiger partial charge in [0.2, 0.25) is 0 Å². The minimum absolute atomic E-state index is 0.211. The molecule has 0 aliphatic heterocycles. The highest BCUT2D eigenvalue weighted by Crippen LogP contribution is 2.29. The van der Waals surface area contributed by atoms with Crippen LogP contribution in [0.15, 0.2) is 83.9 Å². The normalized spacial score (nSPS) is 12.0. The topological polar surface area (TPSA) is 74.1 Å². The van der Waals surface area contributed by atoms with Gasteiger partial charge in [0.05, 0.1) is 22.5 Å². The Morgan fingerprint density at radius 1 is 0.875 bits per heavy atom. The summed E-state index contributed by atoms with van der Waals surface area (Å²) in [5.74, 6) is -0.326. The van der Waals surface area contributed by atoms with Gasteiger partial charge >= 0.3 is 6.36 Å². The maximum absolute atomic E-state index is 12.4. The zero-order valence-electron chi connectivity index (χ0n) is 16.6. The van der Waals surface area contributed by atoms with Crippen LogP contribution < -0.4 is 4.74 Å². The van der Waals surface area contributed by atoms with Crippen molar-refractivity contribution in [2.75, 3.05) is 6.26 Å². The van der Waals surface area contributed by atoms with Gasteiger partial charge in [-0.25, -0.2) is 13.1 Å². The van der Waals surface area contributed by atoms with Gasteiger partial charge in [-0.3, -0.25) is 0 Å². The van der Waals surface area contributed by atoms with Crippen molar-refractivity contribution < 1.29 is 26.3 Å². The molecule has 10 heteroatoms. The number of rotatable bonds is 5. The first kappa shape index (κ1) is 21.6. The van der Waals surface area contributed by atoms with E-state index in [1.807, 2.05) is 12.1 Å². The number of ether oxygens (including phenoxy) is 1. The number of hydrogen-bond donors (Lipinski definition) is 0. The molecular formula is C22H16F3N3O3S. The minimum atomic E-state index is -4.76. The second kappa shape index (κ2) is 8.12. The third-order valence-corrected chi connectivity index (χ3v) is 5.73. The van der Waals surface area contributed by atoms with Gasteiger partial charge in [0.1, 0.15) is 5.75 Å². The molecule has 0 aliphatic rings. The summed E-state index contributed by atoms with van der Waals surface area (Å²) < 4.78 is 66.4. The van der Waals surface area contributed by atoms with E-state index in [-0.39, 0.29) is 10.6 Å². The van der Waals surface area contributed by atoms with Crippen LogP contribution in [0.3, 0.4) is 0 Å². The van der Waals surface area contributed by atoms with E-state index < -0.39 is 16.2 Å². The summed E-state index contributed by atoms with van der Waals surface area (Å²) in [6.07, 6.45) is -2.12. The fourth-order valence-corrected chi connectivity index (χ4v) is 3.84. The summed E-state index contributed by atoms with van der Waals surface area (Å²) in [5.41, 5.74) is 3.28. The summed E-state index contributed by atoms with van der Waals surface area (Å²) in [6, 6.07) is 19.2. The van der Waals surface area contributed by atoms with Crippen LogP contribution in [0, 0.1) is 0 Å². The molecule has 0 saturated carbocycles. The molecule has 0 radical (unpaired) electrons. The van der Waals surface area contributed by atoms with Crippen LogP contribution in [0.2, 0.25) is 0 Å². The largest absolute Gasteiger partial charge is 0.573 e. The number of hydrogen-bond acceptors (Lipinski definition) is 5. The molecule has 0 atom stereocenters. The summed E-state index contributed by atoms with van der Waals surface area (Å²) >= 11 is 0. The second-order valence-corrected chi connectivity index (χ2v) is 8.97. The van der Waals surface area contributed by atoms with Crippen LogP contribution in [-0.2, 0) is 9.84 Å². The van der Waals surface area contributed by atoms with E-state index in [0.29, 0.717) is 22.5 Å². The zero-order valence-corrected chi connectivity index (χ0v) is 17.4. The van der Waals surface area contributed by atoms with Crippen LogP contribution in [0.25, 0.3) is 28.1 Å². The van der Waals surface area contributed by atoms with E-state index in [1.54, 1.807) is 35.0 Å². The van der Waals surface area contributed by atoms with Gasteiger partial charge < -0.3 is 4.74 Å². The third kappa shape index (κ3) is 4.80. The van der Waals surface area contributed by atoms with Crippen LogP contribution in [0.5, 0.6) is 5.75 Å². The van der Waals surface area contributed by atoms with E-state index in [9.17, 15) is 21.6 Å². The Bertz CT molecular complexity index is 1360. The minimum Gasteiger partial charge on any atom is -0.406 e. The van der Waals surface area contributed by atoms with Crippen molar-refractivity contribution >= 4 is 9.84 Å². The Hall–Kier alpha value is -3.66. The molecule has 0 spiro atoms. The molecule has 0 saturated heterocycles. The molecule has 4 aromatic rings. The van der Waals surface area contributed by atoms with Crippen molar-refractivity contribution in [2.24, 2.45) is 0 Å². The molecule has 32 heavy (non-hydrogen) atoms. The lowest BCUT2D eigenvalue weighted by atomic mass is 10.1. The molecule has 0 fully saturated rings. The summed E-state index contributed by atoms with van der Waals surface area (Å²) in [7, 11) is -3.35. The smallest absolute Gasteiger partial charge is 0.406 e. The molecule has 6 nitrogen and oxygen atoms in total. The van der Waals surface area contributed by atoms with Gasteiger partial charge in [0, 0.05) is 11.8 Å². The predicted octanol–water partition coefficient (Wildman–Crippen LogP) is 4.90. The predicted molar refractivity (Wildman–Crippen MR) is 112 cm³/mol. The fourth-order valence-electron chi connectivity index (χ4n) is 3.17.